The van der Waals surface area contributed by atoms with Crippen molar-refractivity contribution < 1.29 is 9.84 Å². The van der Waals surface area contributed by atoms with E-state index >= 15 is 0 Å². The molecule has 0 fully saturated rings. The van der Waals surface area contributed by atoms with Crippen LogP contribution in [0.15, 0.2) is 33.5 Å². The summed E-state index contributed by atoms with van der Waals surface area (Å²) in [4.78, 5) is 25.8. The van der Waals surface area contributed by atoms with Crippen LogP contribution in [0.2, 0.25) is 0 Å². The average molecular weight is 253 g/mol. The number of aliphatic hydroxyl groups is 1. The van der Waals surface area contributed by atoms with Crippen LogP contribution in [0.5, 0.6) is 0 Å². The Morgan fingerprint density at radius 3 is 2.94 bits per heavy atom. The van der Waals surface area contributed by atoms with Gasteiger partial charge in [0.15, 0.2) is 0 Å². The van der Waals surface area contributed by atoms with Crippen LogP contribution in [0, 0.1) is 0 Å². The Balaban J connectivity index is 3.15. The van der Waals surface area contributed by atoms with Crippen LogP contribution < -0.4 is 11.2 Å². The first-order valence-corrected chi connectivity index (χ1v) is 4.87. The van der Waals surface area contributed by atoms with Crippen molar-refractivity contribution in [1.29, 1.82) is 0 Å². The molecule has 1 rings (SSSR count). The van der Waals surface area contributed by atoms with Gasteiger partial charge in [-0.05, 0) is 10.6 Å². The number of hydrogen-bond donors (Lipinski definition) is 1. The fourth-order valence-corrected chi connectivity index (χ4v) is 1.17. The Kier molecular flexibility index (Phi) is 4.88. The van der Waals surface area contributed by atoms with Gasteiger partial charge in [0.25, 0.3) is 5.56 Å². The van der Waals surface area contributed by atoms with E-state index < -0.39 is 11.2 Å². The second kappa shape index (κ2) is 6.40. The van der Waals surface area contributed by atoms with Crippen molar-refractivity contribution in [1.82, 2.24) is 9.13 Å². The van der Waals surface area contributed by atoms with Crippen LogP contribution >= 0.6 is 0 Å². The standard InChI is InChI=1S/C9H11N5O4/c1-7(11-12-10)14-8(16)2-3-13(9(14)17)6-18-5-4-15/h2-3,15H,1,4-6H2. The second-order valence-electron chi connectivity index (χ2n) is 3.11. The van der Waals surface area contributed by atoms with Crippen LogP contribution in [-0.2, 0) is 11.5 Å². The van der Waals surface area contributed by atoms with Gasteiger partial charge in [-0.2, -0.15) is 0 Å². The summed E-state index contributed by atoms with van der Waals surface area (Å²) in [7, 11) is 0. The molecular formula is C9H11N5O4. The van der Waals surface area contributed by atoms with Crippen molar-refractivity contribution in [3.05, 3.63) is 50.1 Å². The summed E-state index contributed by atoms with van der Waals surface area (Å²) in [5.74, 6) is -0.316. The summed E-state index contributed by atoms with van der Waals surface area (Å²) in [5, 5.41) is 11.6. The summed E-state index contributed by atoms with van der Waals surface area (Å²) in [6.07, 6.45) is 1.24. The minimum atomic E-state index is -0.738. The van der Waals surface area contributed by atoms with Crippen LogP contribution in [0.25, 0.3) is 16.3 Å². The summed E-state index contributed by atoms with van der Waals surface area (Å²) in [5.41, 5.74) is 6.85. The molecule has 9 heteroatoms. The lowest BCUT2D eigenvalue weighted by Gasteiger charge is -2.08. The first-order valence-electron chi connectivity index (χ1n) is 4.87. The predicted molar refractivity (Wildman–Crippen MR) is 62.5 cm³/mol. The Morgan fingerprint density at radius 2 is 2.33 bits per heavy atom. The molecule has 0 aromatic carbocycles. The highest BCUT2D eigenvalue weighted by molar-refractivity contribution is 5.38. The number of aromatic nitrogens is 2. The molecule has 18 heavy (non-hydrogen) atoms. The fraction of sp³-hybridized carbons (Fsp3) is 0.333. The zero-order chi connectivity index (χ0) is 13.5. The van der Waals surface area contributed by atoms with Crippen molar-refractivity contribution in [3.63, 3.8) is 0 Å². The zero-order valence-electron chi connectivity index (χ0n) is 9.39. The third-order valence-electron chi connectivity index (χ3n) is 1.94. The van der Waals surface area contributed by atoms with Gasteiger partial charge in [-0.1, -0.05) is 6.58 Å². The van der Waals surface area contributed by atoms with Crippen LogP contribution in [-0.4, -0.2) is 27.5 Å². The molecule has 0 amide bonds. The van der Waals surface area contributed by atoms with E-state index in [1.807, 2.05) is 0 Å². The maximum Gasteiger partial charge on any atom is 0.337 e. The zero-order valence-corrected chi connectivity index (χ0v) is 9.39. The van der Waals surface area contributed by atoms with Gasteiger partial charge in [-0.3, -0.25) is 9.36 Å². The first-order chi connectivity index (χ1) is 8.61. The van der Waals surface area contributed by atoms with Crippen molar-refractivity contribution in [3.8, 4) is 0 Å². The molecule has 1 aromatic heterocycles. The third kappa shape index (κ3) is 3.08. The average Bonchev–Trinajstić information content (AvgIpc) is 2.33. The van der Waals surface area contributed by atoms with Gasteiger partial charge in [0.2, 0.25) is 0 Å². The molecule has 0 aliphatic heterocycles. The van der Waals surface area contributed by atoms with Gasteiger partial charge in [-0.25, -0.2) is 9.36 Å². The van der Waals surface area contributed by atoms with Gasteiger partial charge >= 0.3 is 5.69 Å². The molecule has 9 nitrogen and oxygen atoms in total. The molecule has 1 heterocycles. The van der Waals surface area contributed by atoms with Crippen molar-refractivity contribution >= 4 is 5.82 Å². The van der Waals surface area contributed by atoms with Crippen molar-refractivity contribution in [2.75, 3.05) is 13.2 Å². The van der Waals surface area contributed by atoms with Crippen LogP contribution in [0.3, 0.4) is 0 Å². The molecule has 1 aromatic rings. The quantitative estimate of drug-likeness (QED) is 0.324. The molecule has 0 spiro atoms. The van der Waals surface area contributed by atoms with Crippen molar-refractivity contribution in [2.24, 2.45) is 5.11 Å². The molecule has 0 atom stereocenters. The van der Waals surface area contributed by atoms with E-state index in [0.29, 0.717) is 4.57 Å². The van der Waals surface area contributed by atoms with Crippen LogP contribution in [0.1, 0.15) is 0 Å². The SMILES string of the molecule is C=C(N=[N+]=[N-])n1c(=O)ccn(COCCO)c1=O. The monoisotopic (exact) mass is 253 g/mol. The lowest BCUT2D eigenvalue weighted by molar-refractivity contribution is 0.0453. The van der Waals surface area contributed by atoms with Gasteiger partial charge in [0.05, 0.1) is 13.2 Å². The normalized spacial score (nSPS) is 9.83. The van der Waals surface area contributed by atoms with E-state index in [1.54, 1.807) is 0 Å². The Morgan fingerprint density at radius 1 is 1.61 bits per heavy atom. The lowest BCUT2D eigenvalue weighted by atomic mass is 10.6. The number of rotatable bonds is 6. The second-order valence-corrected chi connectivity index (χ2v) is 3.11. The minimum Gasteiger partial charge on any atom is -0.394 e. The molecule has 96 valence electrons. The summed E-state index contributed by atoms with van der Waals surface area (Å²) in [6, 6.07) is 1.11. The maximum absolute atomic E-state index is 11.8. The molecule has 0 saturated heterocycles. The molecule has 0 aliphatic carbocycles. The highest BCUT2D eigenvalue weighted by Crippen LogP contribution is 1.95. The number of hydrogen-bond acceptors (Lipinski definition) is 5. The Hall–Kier alpha value is -2.35. The minimum absolute atomic E-state index is 0.0584. The molecule has 0 aliphatic rings. The summed E-state index contributed by atoms with van der Waals surface area (Å²) < 4.78 is 6.65. The largest absolute Gasteiger partial charge is 0.394 e. The molecular weight excluding hydrogens is 242 g/mol. The molecule has 0 unspecified atom stereocenters. The van der Waals surface area contributed by atoms with Gasteiger partial charge in [0, 0.05) is 17.2 Å². The van der Waals surface area contributed by atoms with Gasteiger partial charge in [0.1, 0.15) is 12.6 Å². The highest BCUT2D eigenvalue weighted by Gasteiger charge is 2.07. The Labute approximate surface area is 101 Å². The number of azide groups is 1. The third-order valence-corrected chi connectivity index (χ3v) is 1.94. The number of aliphatic hydroxyl groups excluding tert-OH is 1. The van der Waals surface area contributed by atoms with Crippen LogP contribution in [0.4, 0.5) is 0 Å². The number of ether oxygens (including phenoxy) is 1. The highest BCUT2D eigenvalue weighted by atomic mass is 16.5. The summed E-state index contributed by atoms with van der Waals surface area (Å²) in [6.45, 7) is 3.06. The Bertz CT molecular complexity index is 596. The molecule has 0 bridgehead atoms. The van der Waals surface area contributed by atoms with Crippen molar-refractivity contribution in [2.45, 2.75) is 6.73 Å². The maximum atomic E-state index is 11.8. The fourth-order valence-electron chi connectivity index (χ4n) is 1.17. The van der Waals surface area contributed by atoms with E-state index in [-0.39, 0.29) is 25.8 Å². The molecule has 0 radical (unpaired) electrons. The van der Waals surface area contributed by atoms with Gasteiger partial charge < -0.3 is 9.84 Å². The van der Waals surface area contributed by atoms with Gasteiger partial charge in [-0.15, -0.1) is 0 Å². The first kappa shape index (κ1) is 13.7. The molecule has 0 saturated carbocycles. The van der Waals surface area contributed by atoms with E-state index in [9.17, 15) is 9.59 Å². The van der Waals surface area contributed by atoms with E-state index in [0.717, 1.165) is 10.6 Å². The lowest BCUT2D eigenvalue weighted by Crippen LogP contribution is -2.38. The molecule has 1 N–H and O–H groups in total. The smallest absolute Gasteiger partial charge is 0.337 e. The van der Waals surface area contributed by atoms with E-state index in [1.165, 1.54) is 6.20 Å². The predicted octanol–water partition coefficient (Wildman–Crippen LogP) is -0.285. The summed E-state index contributed by atoms with van der Waals surface area (Å²) >= 11 is 0. The number of nitrogens with zero attached hydrogens (tertiary/aromatic N) is 5. The van der Waals surface area contributed by atoms with E-state index in [2.05, 4.69) is 16.6 Å². The topological polar surface area (TPSA) is 122 Å². The van der Waals surface area contributed by atoms with E-state index in [4.69, 9.17) is 15.4 Å².